The summed E-state index contributed by atoms with van der Waals surface area (Å²) >= 11 is 0. The minimum atomic E-state index is -1.47. The summed E-state index contributed by atoms with van der Waals surface area (Å²) in [7, 11) is 0. The van der Waals surface area contributed by atoms with Crippen molar-refractivity contribution in [3.8, 4) is 5.75 Å². The molecule has 10 nitrogen and oxygen atoms in total. The number of carbonyl (C=O) groups excluding carboxylic acids is 3. The average molecular weight is 539 g/mol. The van der Waals surface area contributed by atoms with Crippen LogP contribution in [-0.2, 0) is 20.9 Å². The van der Waals surface area contributed by atoms with Gasteiger partial charge in [-0.25, -0.2) is 0 Å². The van der Waals surface area contributed by atoms with Crippen molar-refractivity contribution in [2.75, 3.05) is 32.7 Å². The Hall–Kier alpha value is -1.66. The van der Waals surface area contributed by atoms with Gasteiger partial charge >= 0.3 is 49.4 Å². The molecule has 0 atom stereocenters. The molecule has 0 spiro atoms. The summed E-state index contributed by atoms with van der Waals surface area (Å²) < 4.78 is 0. The van der Waals surface area contributed by atoms with E-state index in [4.69, 9.17) is 0 Å². The zero-order chi connectivity index (χ0) is 20.7. The molecule has 2 rings (SSSR count). The van der Waals surface area contributed by atoms with Crippen LogP contribution in [0.1, 0.15) is 5.69 Å². The number of fused-ring (bicyclic) bond motifs is 1. The summed E-state index contributed by atoms with van der Waals surface area (Å²) in [6.07, 6.45) is 0. The molecule has 29 heavy (non-hydrogen) atoms. The van der Waals surface area contributed by atoms with Crippen LogP contribution < -0.4 is 20.4 Å². The van der Waals surface area contributed by atoms with Crippen LogP contribution in [0.2, 0.25) is 0 Å². The molecule has 1 aromatic heterocycles. The monoisotopic (exact) mass is 540 g/mol. The molecule has 0 aliphatic heterocycles. The molecule has 154 valence electrons. The van der Waals surface area contributed by atoms with Crippen LogP contribution in [0, 0.1) is 49.4 Å². The predicted molar refractivity (Wildman–Crippen MR) is 87.9 cm³/mol. The smallest absolute Gasteiger partial charge is 0.871 e. The van der Waals surface area contributed by atoms with Gasteiger partial charge < -0.3 is 34.8 Å². The fourth-order valence-corrected chi connectivity index (χ4v) is 2.74. The molecule has 0 radical (unpaired) electrons. The molecule has 0 N–H and O–H groups in total. The number of pyridine rings is 1. The topological polar surface area (TPSA) is 163 Å². The van der Waals surface area contributed by atoms with E-state index < -0.39 is 37.5 Å². The van der Waals surface area contributed by atoms with E-state index in [-0.39, 0.29) is 80.3 Å². The van der Waals surface area contributed by atoms with Crippen LogP contribution >= 0.6 is 0 Å². The number of carboxylic acids is 3. The number of rotatable bonds is 11. The van der Waals surface area contributed by atoms with Crippen LogP contribution in [0.5, 0.6) is 5.75 Å². The Kier molecular flexibility index (Phi) is 10.6. The van der Waals surface area contributed by atoms with Crippen molar-refractivity contribution >= 4 is 28.8 Å². The van der Waals surface area contributed by atoms with Crippen LogP contribution in [0.15, 0.2) is 30.3 Å². The Morgan fingerprint density at radius 1 is 0.828 bits per heavy atom. The Bertz CT molecular complexity index is 862. The van der Waals surface area contributed by atoms with Crippen molar-refractivity contribution in [3.63, 3.8) is 0 Å². The SMILES string of the molecule is O=C([O-])CN(CCN(CC(=O)[O-])Cc1ccc2cccc([O-])c2n1)CC(=O)[O-].[Eu+3]. The van der Waals surface area contributed by atoms with E-state index in [0.29, 0.717) is 11.1 Å². The molecule has 0 aliphatic carbocycles. The van der Waals surface area contributed by atoms with E-state index in [1.165, 1.54) is 11.0 Å². The Morgan fingerprint density at radius 2 is 1.38 bits per heavy atom. The molecule has 1 aromatic carbocycles. The average Bonchev–Trinajstić information content (AvgIpc) is 2.59. The summed E-state index contributed by atoms with van der Waals surface area (Å²) in [6, 6.07) is 8.04. The quantitative estimate of drug-likeness (QED) is 0.273. The molecule has 0 amide bonds. The molecule has 0 saturated heterocycles. The first kappa shape index (κ1) is 25.4. The van der Waals surface area contributed by atoms with Crippen molar-refractivity contribution in [1.29, 1.82) is 0 Å². The Balaban J connectivity index is 0.00000420. The van der Waals surface area contributed by atoms with Gasteiger partial charge in [-0.2, -0.15) is 0 Å². The van der Waals surface area contributed by atoms with Crippen molar-refractivity contribution in [2.45, 2.75) is 6.54 Å². The third kappa shape index (κ3) is 8.71. The van der Waals surface area contributed by atoms with Crippen LogP contribution in [0.25, 0.3) is 10.9 Å². The number of aliphatic carboxylic acids is 3. The van der Waals surface area contributed by atoms with E-state index in [9.17, 15) is 34.8 Å². The largest absolute Gasteiger partial charge is 3.00 e. The van der Waals surface area contributed by atoms with Crippen LogP contribution in [0.4, 0.5) is 0 Å². The van der Waals surface area contributed by atoms with Gasteiger partial charge in [0.05, 0.1) is 29.1 Å². The number of hydrogen-bond donors (Lipinski definition) is 0. The first-order valence-corrected chi connectivity index (χ1v) is 8.34. The van der Waals surface area contributed by atoms with E-state index >= 15 is 0 Å². The van der Waals surface area contributed by atoms with E-state index in [0.717, 1.165) is 4.90 Å². The summed E-state index contributed by atoms with van der Waals surface area (Å²) in [5.41, 5.74) is 0.687. The Morgan fingerprint density at radius 3 is 1.97 bits per heavy atom. The van der Waals surface area contributed by atoms with Gasteiger partial charge in [-0.1, -0.05) is 30.0 Å². The summed E-state index contributed by atoms with van der Waals surface area (Å²) in [4.78, 5) is 39.2. The van der Waals surface area contributed by atoms with Crippen LogP contribution in [-0.4, -0.2) is 65.4 Å². The maximum absolute atomic E-state index is 11.9. The molecule has 0 aliphatic rings. The van der Waals surface area contributed by atoms with Gasteiger partial charge in [0.25, 0.3) is 0 Å². The third-order valence-corrected chi connectivity index (χ3v) is 3.92. The molecular formula is C18H17EuN3O7-. The fraction of sp³-hybridized carbons (Fsp3) is 0.333. The predicted octanol–water partition coefficient (Wildman–Crippen LogP) is -4.34. The maximum Gasteiger partial charge on any atom is 3.00 e. The normalized spacial score (nSPS) is 10.8. The number of nitrogens with zero attached hydrogens (tertiary/aromatic N) is 3. The minimum Gasteiger partial charge on any atom is -0.871 e. The van der Waals surface area contributed by atoms with Gasteiger partial charge in [0.2, 0.25) is 0 Å². The molecule has 0 bridgehead atoms. The number of aromatic nitrogens is 1. The number of para-hydroxylation sites is 1. The van der Waals surface area contributed by atoms with E-state index in [2.05, 4.69) is 4.98 Å². The van der Waals surface area contributed by atoms with Gasteiger partial charge in [-0.05, 0) is 11.5 Å². The second-order valence-corrected chi connectivity index (χ2v) is 6.17. The minimum absolute atomic E-state index is 0. The van der Waals surface area contributed by atoms with Crippen molar-refractivity contribution in [2.24, 2.45) is 0 Å². The second-order valence-electron chi connectivity index (χ2n) is 6.17. The fourth-order valence-electron chi connectivity index (χ4n) is 2.74. The molecule has 2 aromatic rings. The molecule has 0 fully saturated rings. The molecule has 11 heteroatoms. The van der Waals surface area contributed by atoms with Crippen molar-refractivity contribution in [1.82, 2.24) is 14.8 Å². The van der Waals surface area contributed by atoms with E-state index in [1.54, 1.807) is 24.3 Å². The van der Waals surface area contributed by atoms with Gasteiger partial charge in [-0.3, -0.25) is 14.8 Å². The summed E-state index contributed by atoms with van der Waals surface area (Å²) in [5.74, 6) is -4.56. The Labute approximate surface area is 207 Å². The molecule has 0 saturated carbocycles. The third-order valence-electron chi connectivity index (χ3n) is 3.92. The van der Waals surface area contributed by atoms with E-state index in [1.807, 2.05) is 0 Å². The number of benzene rings is 1. The summed E-state index contributed by atoms with van der Waals surface area (Å²) in [6.45, 7) is -1.75. The zero-order valence-corrected chi connectivity index (χ0v) is 17.6. The standard InChI is InChI=1S/C18H21N3O7.Eu/c22-14-3-1-2-12-4-5-13(19-18(12)14)8-20(9-15(23)24)6-7-21(10-16(25)26)11-17(27)28;/h1-5,22H,6-11H2,(H,23,24)(H,25,26)(H,27,28);/q;+3/p-4. The first-order valence-electron chi connectivity index (χ1n) is 8.34. The number of carbonyl (C=O) groups is 3. The number of carboxylic acid groups (broad SMARTS) is 3. The van der Waals surface area contributed by atoms with Gasteiger partial charge in [0.15, 0.2) is 0 Å². The first-order chi connectivity index (χ1) is 13.2. The maximum atomic E-state index is 11.9. The number of hydrogen-bond acceptors (Lipinski definition) is 10. The summed E-state index contributed by atoms with van der Waals surface area (Å²) in [5, 5.41) is 45.1. The van der Waals surface area contributed by atoms with Gasteiger partial charge in [0.1, 0.15) is 0 Å². The van der Waals surface area contributed by atoms with Gasteiger partial charge in [0, 0.05) is 39.3 Å². The molecular weight excluding hydrogens is 522 g/mol. The van der Waals surface area contributed by atoms with Crippen LogP contribution in [0.3, 0.4) is 0 Å². The zero-order valence-electron chi connectivity index (χ0n) is 15.2. The molecule has 1 heterocycles. The van der Waals surface area contributed by atoms with Crippen molar-refractivity contribution < 1.29 is 84.2 Å². The molecule has 0 unspecified atom stereocenters. The van der Waals surface area contributed by atoms with Gasteiger partial charge in [-0.15, -0.1) is 0 Å². The van der Waals surface area contributed by atoms with Crippen molar-refractivity contribution in [3.05, 3.63) is 36.0 Å². The second kappa shape index (κ2) is 12.1.